The zero-order valence-corrected chi connectivity index (χ0v) is 54.6. The number of nitriles is 1. The zero-order chi connectivity index (χ0) is 64.1. The number of nitrogens with zero attached hydrogens (tertiary/aromatic N) is 6. The maximum atomic E-state index is 11.4. The molecule has 0 saturated heterocycles. The second kappa shape index (κ2) is 19.4. The fourth-order valence-electron chi connectivity index (χ4n) is 15.3. The third-order valence-corrected chi connectivity index (χ3v) is 20.1. The van der Waals surface area contributed by atoms with Gasteiger partial charge in [-0.05, 0) is 151 Å². The molecule has 450 valence electrons. The van der Waals surface area contributed by atoms with E-state index in [1.165, 1.54) is 5.56 Å². The SMILES string of the molecule is [C-]#[N+]c1cc(C(C)(C)C)cc2c3ccccc3n(-c3ccc4c(c3)N(c3cccc5c3oc3ccccc35)c3cc(C(C)(C)C)cc5c3B4c3ccc(-n4c6ccc(C(C)(C)C)cc6c6cc(C(C)(C)C)cc(C#N)c64)cc3N5c3cccc4c3oc3ccccc34)c12. The van der Waals surface area contributed by atoms with Gasteiger partial charge in [0, 0.05) is 71.8 Å². The molecule has 0 amide bonds. The summed E-state index contributed by atoms with van der Waals surface area (Å²) in [6, 6.07) is 75.8. The monoisotopic (exact) mass is 1200 g/mol. The van der Waals surface area contributed by atoms with E-state index in [9.17, 15) is 5.26 Å². The van der Waals surface area contributed by atoms with E-state index in [0.29, 0.717) is 11.3 Å². The summed E-state index contributed by atoms with van der Waals surface area (Å²) in [5.41, 5.74) is 23.3. The first-order chi connectivity index (χ1) is 44.6. The maximum Gasteiger partial charge on any atom is 0.252 e. The number of hydrogen-bond donors (Lipinski definition) is 0. The van der Waals surface area contributed by atoms with Gasteiger partial charge < -0.3 is 27.8 Å². The van der Waals surface area contributed by atoms with Crippen LogP contribution in [0.15, 0.2) is 209 Å². The molecule has 6 heterocycles. The van der Waals surface area contributed by atoms with Crippen LogP contribution in [0.5, 0.6) is 0 Å². The van der Waals surface area contributed by atoms with E-state index in [4.69, 9.17) is 15.4 Å². The molecule has 2 aliphatic heterocycles. The van der Waals surface area contributed by atoms with E-state index in [-0.39, 0.29) is 28.4 Å². The zero-order valence-electron chi connectivity index (χ0n) is 54.6. The summed E-state index contributed by atoms with van der Waals surface area (Å²) >= 11 is 0. The lowest BCUT2D eigenvalue weighted by atomic mass is 9.33. The number of para-hydroxylation sites is 5. The molecule has 11 aromatic carbocycles. The number of hydrogen-bond acceptors (Lipinski definition) is 5. The molecule has 0 atom stereocenters. The molecular formula is C84H69BN6O2. The molecular weight excluding hydrogens is 1140 g/mol. The molecule has 0 fully saturated rings. The van der Waals surface area contributed by atoms with E-state index < -0.39 is 0 Å². The first-order valence-electron chi connectivity index (χ1n) is 32.4. The predicted octanol–water partition coefficient (Wildman–Crippen LogP) is 21.4. The topological polar surface area (TPSA) is 70.8 Å². The average Bonchev–Trinajstić information content (AvgIpc) is 1.01. The molecule has 0 bridgehead atoms. The van der Waals surface area contributed by atoms with Crippen molar-refractivity contribution in [2.45, 2.75) is 105 Å². The minimum atomic E-state index is -0.334. The second-order valence-corrected chi connectivity index (χ2v) is 30.0. The Balaban J connectivity index is 1.01. The Kier molecular flexibility index (Phi) is 11.7. The van der Waals surface area contributed by atoms with Crippen molar-refractivity contribution in [3.05, 3.63) is 239 Å². The van der Waals surface area contributed by atoms with Crippen molar-refractivity contribution >= 4 is 150 Å². The van der Waals surface area contributed by atoms with Crippen LogP contribution in [0.25, 0.3) is 104 Å². The minimum Gasteiger partial charge on any atom is -0.454 e. The number of furan rings is 2. The number of aromatic nitrogens is 2. The van der Waals surface area contributed by atoms with Crippen molar-refractivity contribution in [1.82, 2.24) is 9.13 Å². The van der Waals surface area contributed by atoms with Crippen molar-refractivity contribution in [3.8, 4) is 17.4 Å². The average molecular weight is 1210 g/mol. The van der Waals surface area contributed by atoms with Gasteiger partial charge in [0.2, 0.25) is 5.69 Å². The Morgan fingerprint density at radius 1 is 0.387 bits per heavy atom. The van der Waals surface area contributed by atoms with Crippen LogP contribution in [0, 0.1) is 17.9 Å². The number of benzene rings is 11. The molecule has 93 heavy (non-hydrogen) atoms. The number of anilines is 6. The lowest BCUT2D eigenvalue weighted by Gasteiger charge is -2.45. The normalized spacial score (nSPS) is 13.5. The van der Waals surface area contributed by atoms with Crippen LogP contribution in [0.3, 0.4) is 0 Å². The molecule has 0 unspecified atom stereocenters. The number of rotatable bonds is 4. The van der Waals surface area contributed by atoms with Gasteiger partial charge in [-0.1, -0.05) is 198 Å². The fourth-order valence-corrected chi connectivity index (χ4v) is 15.3. The number of fused-ring (bicyclic) bond motifs is 16. The summed E-state index contributed by atoms with van der Waals surface area (Å²) < 4.78 is 18.9. The van der Waals surface area contributed by atoms with Crippen LogP contribution in [0.4, 0.5) is 39.8 Å². The summed E-state index contributed by atoms with van der Waals surface area (Å²) in [6.45, 7) is 35.6. The molecule has 17 rings (SSSR count). The first-order valence-corrected chi connectivity index (χ1v) is 32.4. The Bertz CT molecular complexity index is 5870. The lowest BCUT2D eigenvalue weighted by Crippen LogP contribution is -2.61. The van der Waals surface area contributed by atoms with Crippen LogP contribution in [0.2, 0.25) is 0 Å². The fraction of sp³-hybridized carbons (Fsp3) is 0.190. The Labute approximate surface area is 542 Å². The van der Waals surface area contributed by atoms with Crippen LogP contribution < -0.4 is 26.2 Å². The van der Waals surface area contributed by atoms with E-state index in [0.717, 1.165) is 166 Å². The Hall–Kier alpha value is -10.7. The quantitative estimate of drug-likeness (QED) is 0.130. The third kappa shape index (κ3) is 8.22. The molecule has 2 aliphatic rings. The van der Waals surface area contributed by atoms with Gasteiger partial charge in [-0.2, -0.15) is 5.26 Å². The molecule has 8 nitrogen and oxygen atoms in total. The maximum absolute atomic E-state index is 11.4. The minimum absolute atomic E-state index is 0.115. The highest BCUT2D eigenvalue weighted by Crippen LogP contribution is 2.52. The standard InChI is InChI=1S/C84H69BN6O2/c1-81(2,3)49-32-37-67-60(39-49)62-40-50(82(4,5)6)38-48(47-86)77(62)88(67)53-33-35-63-70(45-53)90(68-28-20-25-58-56-23-15-18-30-74(56)92-79(58)68)72-43-52(84(10,11)12)44-73-76(72)85(63)64-36-34-54(46-71(64)91(73)69-29-21-26-59-57-24-16-19-31-75(57)93-80(59)69)89-66-27-17-14-22-55(66)61-41-51(83(7,8)9)42-65(87-13)78(61)89/h14-46H,1-12H3. The van der Waals surface area contributed by atoms with Crippen molar-refractivity contribution < 1.29 is 8.83 Å². The van der Waals surface area contributed by atoms with Gasteiger partial charge in [0.25, 0.3) is 6.71 Å². The summed E-state index contributed by atoms with van der Waals surface area (Å²) in [5.74, 6) is 0. The van der Waals surface area contributed by atoms with Gasteiger partial charge in [-0.3, -0.25) is 0 Å². The highest BCUT2D eigenvalue weighted by molar-refractivity contribution is 7.00. The van der Waals surface area contributed by atoms with Crippen LogP contribution >= 0.6 is 0 Å². The van der Waals surface area contributed by atoms with Crippen molar-refractivity contribution in [1.29, 1.82) is 5.26 Å². The van der Waals surface area contributed by atoms with Crippen LogP contribution in [-0.4, -0.2) is 15.8 Å². The molecule has 0 radical (unpaired) electrons. The van der Waals surface area contributed by atoms with Gasteiger partial charge in [0.1, 0.15) is 17.2 Å². The van der Waals surface area contributed by atoms with Gasteiger partial charge in [-0.25, -0.2) is 4.85 Å². The van der Waals surface area contributed by atoms with Crippen molar-refractivity contribution in [3.63, 3.8) is 0 Å². The van der Waals surface area contributed by atoms with E-state index in [2.05, 4.69) is 301 Å². The smallest absolute Gasteiger partial charge is 0.252 e. The summed E-state index contributed by atoms with van der Waals surface area (Å²) in [7, 11) is 0. The molecule has 0 aliphatic carbocycles. The van der Waals surface area contributed by atoms with E-state index >= 15 is 0 Å². The molecule has 4 aromatic heterocycles. The molecule has 0 N–H and O–H groups in total. The summed E-state index contributed by atoms with van der Waals surface area (Å²) in [6.07, 6.45) is 0. The van der Waals surface area contributed by atoms with Crippen LogP contribution in [-0.2, 0) is 21.7 Å². The van der Waals surface area contributed by atoms with E-state index in [1.807, 2.05) is 12.1 Å². The Morgan fingerprint density at radius 2 is 0.839 bits per heavy atom. The Morgan fingerprint density at radius 3 is 1.37 bits per heavy atom. The predicted molar refractivity (Wildman–Crippen MR) is 389 cm³/mol. The summed E-state index contributed by atoms with van der Waals surface area (Å²) in [5, 5.41) is 19.9. The van der Waals surface area contributed by atoms with Gasteiger partial charge in [0.05, 0.1) is 45.6 Å². The molecule has 9 heteroatoms. The van der Waals surface area contributed by atoms with Gasteiger partial charge in [-0.15, -0.1) is 0 Å². The second-order valence-electron chi connectivity index (χ2n) is 30.0. The highest BCUT2D eigenvalue weighted by Gasteiger charge is 2.46. The van der Waals surface area contributed by atoms with Crippen molar-refractivity contribution in [2.75, 3.05) is 9.80 Å². The summed E-state index contributed by atoms with van der Waals surface area (Å²) in [4.78, 5) is 9.29. The van der Waals surface area contributed by atoms with Crippen molar-refractivity contribution in [2.24, 2.45) is 0 Å². The molecule has 15 aromatic rings. The molecule has 0 spiro atoms. The third-order valence-electron chi connectivity index (χ3n) is 20.1. The largest absolute Gasteiger partial charge is 0.454 e. The first kappa shape index (κ1) is 56.3. The van der Waals surface area contributed by atoms with Gasteiger partial charge in [0.15, 0.2) is 11.2 Å². The lowest BCUT2D eigenvalue weighted by molar-refractivity contribution is 0.590. The van der Waals surface area contributed by atoms with Gasteiger partial charge >= 0.3 is 0 Å². The van der Waals surface area contributed by atoms with E-state index in [1.54, 1.807) is 0 Å². The molecule has 0 saturated carbocycles. The highest BCUT2D eigenvalue weighted by atomic mass is 16.3. The van der Waals surface area contributed by atoms with Crippen LogP contribution in [0.1, 0.15) is 111 Å².